The number of benzene rings is 1. The minimum atomic E-state index is -0.604. The molecule has 0 aromatic heterocycles. The van der Waals surface area contributed by atoms with Crippen molar-refractivity contribution in [2.45, 2.75) is 19.3 Å². The fourth-order valence-corrected chi connectivity index (χ4v) is 1.91. The molecule has 0 saturated carbocycles. The van der Waals surface area contributed by atoms with E-state index < -0.39 is 4.92 Å². The molecule has 1 saturated heterocycles. The molecule has 0 atom stereocenters. The summed E-state index contributed by atoms with van der Waals surface area (Å²) in [6, 6.07) is 4.24. The van der Waals surface area contributed by atoms with Crippen LogP contribution in [0.3, 0.4) is 0 Å². The molecule has 1 heterocycles. The third-order valence-electron chi connectivity index (χ3n) is 2.90. The van der Waals surface area contributed by atoms with Crippen LogP contribution in [0.4, 0.5) is 5.69 Å². The highest BCUT2D eigenvalue weighted by atomic mass is 16.6. The maximum Gasteiger partial charge on any atom is 0.311 e. The largest absolute Gasteiger partial charge is 0.502 e. The maximum atomic E-state index is 10.7. The van der Waals surface area contributed by atoms with Crippen molar-refractivity contribution < 1.29 is 10.0 Å². The molecule has 0 unspecified atom stereocenters. The number of nitrogens with zero attached hydrogens (tertiary/aromatic N) is 3. The van der Waals surface area contributed by atoms with E-state index in [9.17, 15) is 15.2 Å². The fourth-order valence-electron chi connectivity index (χ4n) is 1.91. The summed E-state index contributed by atoms with van der Waals surface area (Å²) in [5.74, 6) is -0.324. The Balaban J connectivity index is 2.11. The van der Waals surface area contributed by atoms with Crippen molar-refractivity contribution in [2.24, 2.45) is 5.10 Å². The number of nitro benzene ring substituents is 1. The van der Waals surface area contributed by atoms with Gasteiger partial charge in [0, 0.05) is 24.7 Å². The van der Waals surface area contributed by atoms with Crippen LogP contribution in [0.1, 0.15) is 24.8 Å². The van der Waals surface area contributed by atoms with Gasteiger partial charge in [-0.3, -0.25) is 15.1 Å². The Morgan fingerprint density at radius 2 is 2.06 bits per heavy atom. The van der Waals surface area contributed by atoms with Crippen LogP contribution in [0.15, 0.2) is 23.3 Å². The molecule has 1 aromatic rings. The first-order valence-electron chi connectivity index (χ1n) is 5.93. The number of hydrogen-bond donors (Lipinski definition) is 1. The zero-order valence-electron chi connectivity index (χ0n) is 9.95. The van der Waals surface area contributed by atoms with Gasteiger partial charge in [-0.25, -0.2) is 0 Å². The van der Waals surface area contributed by atoms with Gasteiger partial charge in [-0.05, 0) is 31.4 Å². The van der Waals surface area contributed by atoms with Gasteiger partial charge < -0.3 is 5.11 Å². The van der Waals surface area contributed by atoms with Crippen LogP contribution in [-0.4, -0.2) is 34.3 Å². The molecule has 18 heavy (non-hydrogen) atoms. The molecular weight excluding hydrogens is 234 g/mol. The Labute approximate surface area is 105 Å². The lowest BCUT2D eigenvalue weighted by molar-refractivity contribution is -0.385. The lowest BCUT2D eigenvalue weighted by Gasteiger charge is -2.23. The van der Waals surface area contributed by atoms with E-state index >= 15 is 0 Å². The molecule has 96 valence electrons. The SMILES string of the molecule is O=[N+]([O-])c1cc(/C=N/N2CCCCC2)ccc1O. The van der Waals surface area contributed by atoms with Crippen LogP contribution in [0.25, 0.3) is 0 Å². The number of phenols is 1. The van der Waals surface area contributed by atoms with Crippen molar-refractivity contribution >= 4 is 11.9 Å². The molecule has 1 aromatic carbocycles. The lowest BCUT2D eigenvalue weighted by Crippen LogP contribution is -2.24. The van der Waals surface area contributed by atoms with Crippen LogP contribution in [0, 0.1) is 10.1 Å². The summed E-state index contributed by atoms with van der Waals surface area (Å²) >= 11 is 0. The van der Waals surface area contributed by atoms with Crippen LogP contribution >= 0.6 is 0 Å². The molecule has 0 amide bonds. The van der Waals surface area contributed by atoms with Crippen molar-refractivity contribution in [1.82, 2.24) is 5.01 Å². The number of nitro groups is 1. The Kier molecular flexibility index (Phi) is 3.76. The molecule has 1 fully saturated rings. The van der Waals surface area contributed by atoms with E-state index in [0.29, 0.717) is 5.56 Å². The number of hydrogen-bond acceptors (Lipinski definition) is 5. The van der Waals surface area contributed by atoms with Gasteiger partial charge in [-0.1, -0.05) is 0 Å². The molecule has 1 N–H and O–H groups in total. The van der Waals surface area contributed by atoms with E-state index in [1.54, 1.807) is 12.3 Å². The van der Waals surface area contributed by atoms with Crippen LogP contribution in [-0.2, 0) is 0 Å². The third kappa shape index (κ3) is 2.97. The molecule has 1 aliphatic rings. The normalized spacial score (nSPS) is 16.1. The summed E-state index contributed by atoms with van der Waals surface area (Å²) in [7, 11) is 0. The van der Waals surface area contributed by atoms with Gasteiger partial charge in [0.25, 0.3) is 0 Å². The number of hydrazone groups is 1. The minimum absolute atomic E-state index is 0.294. The van der Waals surface area contributed by atoms with Gasteiger partial charge in [-0.15, -0.1) is 0 Å². The summed E-state index contributed by atoms with van der Waals surface area (Å²) in [5.41, 5.74) is 0.322. The van der Waals surface area contributed by atoms with Crippen molar-refractivity contribution in [2.75, 3.05) is 13.1 Å². The highest BCUT2D eigenvalue weighted by Crippen LogP contribution is 2.25. The lowest BCUT2D eigenvalue weighted by atomic mass is 10.2. The third-order valence-corrected chi connectivity index (χ3v) is 2.90. The van der Waals surface area contributed by atoms with Crippen molar-refractivity contribution in [3.63, 3.8) is 0 Å². The topological polar surface area (TPSA) is 79.0 Å². The van der Waals surface area contributed by atoms with Crippen molar-refractivity contribution in [3.8, 4) is 5.75 Å². The van der Waals surface area contributed by atoms with E-state index in [2.05, 4.69) is 5.10 Å². The van der Waals surface area contributed by atoms with Gasteiger partial charge in [0.1, 0.15) is 0 Å². The zero-order valence-corrected chi connectivity index (χ0v) is 9.95. The molecule has 2 rings (SSSR count). The van der Waals surface area contributed by atoms with Gasteiger partial charge in [-0.2, -0.15) is 5.10 Å². The summed E-state index contributed by atoms with van der Waals surface area (Å²) in [5, 5.41) is 26.2. The van der Waals surface area contributed by atoms with Crippen molar-refractivity contribution in [3.05, 3.63) is 33.9 Å². The fraction of sp³-hybridized carbons (Fsp3) is 0.417. The Bertz CT molecular complexity index is 468. The van der Waals surface area contributed by atoms with E-state index in [-0.39, 0.29) is 11.4 Å². The Hall–Kier alpha value is -2.11. The highest BCUT2D eigenvalue weighted by molar-refractivity contribution is 5.81. The predicted molar refractivity (Wildman–Crippen MR) is 67.8 cm³/mol. The van der Waals surface area contributed by atoms with Gasteiger partial charge >= 0.3 is 5.69 Å². The van der Waals surface area contributed by atoms with E-state index in [0.717, 1.165) is 25.9 Å². The predicted octanol–water partition coefficient (Wildman–Crippen LogP) is 2.12. The first-order chi connectivity index (χ1) is 8.66. The molecule has 0 radical (unpaired) electrons. The summed E-state index contributed by atoms with van der Waals surface area (Å²) in [4.78, 5) is 10.1. The number of rotatable bonds is 3. The van der Waals surface area contributed by atoms with Gasteiger partial charge in [0.05, 0.1) is 11.1 Å². The first-order valence-corrected chi connectivity index (χ1v) is 5.93. The number of phenolic OH excluding ortho intramolecular Hbond substituents is 1. The van der Waals surface area contributed by atoms with Crippen LogP contribution in [0.2, 0.25) is 0 Å². The van der Waals surface area contributed by atoms with Crippen molar-refractivity contribution in [1.29, 1.82) is 0 Å². The Morgan fingerprint density at radius 3 is 2.72 bits per heavy atom. The molecule has 0 bridgehead atoms. The highest BCUT2D eigenvalue weighted by Gasteiger charge is 2.13. The standard InChI is InChI=1S/C12H15N3O3/c16-12-5-4-10(8-11(12)15(17)18)9-13-14-6-2-1-3-7-14/h4-5,8-9,16H,1-3,6-7H2/b13-9+. The summed E-state index contributed by atoms with van der Waals surface area (Å²) in [6.07, 6.45) is 5.09. The second-order valence-electron chi connectivity index (χ2n) is 4.26. The molecule has 0 spiro atoms. The molecular formula is C12H15N3O3. The number of aromatic hydroxyl groups is 1. The second kappa shape index (κ2) is 5.48. The molecule has 0 aliphatic carbocycles. The zero-order chi connectivity index (χ0) is 13.0. The number of piperidine rings is 1. The van der Waals surface area contributed by atoms with E-state index in [1.165, 1.54) is 18.6 Å². The summed E-state index contributed by atoms with van der Waals surface area (Å²) in [6.45, 7) is 1.85. The second-order valence-corrected chi connectivity index (χ2v) is 4.26. The quantitative estimate of drug-likeness (QED) is 0.505. The molecule has 1 aliphatic heterocycles. The van der Waals surface area contributed by atoms with Crippen LogP contribution < -0.4 is 0 Å². The molecule has 6 heteroatoms. The van der Waals surface area contributed by atoms with E-state index in [1.807, 2.05) is 5.01 Å². The average molecular weight is 249 g/mol. The minimum Gasteiger partial charge on any atom is -0.502 e. The monoisotopic (exact) mass is 249 g/mol. The smallest absolute Gasteiger partial charge is 0.311 e. The van der Waals surface area contributed by atoms with Gasteiger partial charge in [0.2, 0.25) is 0 Å². The van der Waals surface area contributed by atoms with Gasteiger partial charge in [0.15, 0.2) is 5.75 Å². The Morgan fingerprint density at radius 1 is 1.33 bits per heavy atom. The first kappa shape index (κ1) is 12.3. The maximum absolute atomic E-state index is 10.7. The average Bonchev–Trinajstić information content (AvgIpc) is 2.38. The van der Waals surface area contributed by atoms with Crippen LogP contribution in [0.5, 0.6) is 5.75 Å². The van der Waals surface area contributed by atoms with E-state index in [4.69, 9.17) is 0 Å². The molecule has 6 nitrogen and oxygen atoms in total. The summed E-state index contributed by atoms with van der Waals surface area (Å²) < 4.78 is 0.